The Bertz CT molecular complexity index is 418. The largest absolute Gasteiger partial charge is 0.497 e. The van der Waals surface area contributed by atoms with E-state index in [1.807, 2.05) is 12.1 Å². The normalized spacial score (nSPS) is 30.8. The number of fused-ring (bicyclic) bond motifs is 2. The van der Waals surface area contributed by atoms with Crippen LogP contribution >= 0.6 is 0 Å². The molecule has 2 aliphatic rings. The van der Waals surface area contributed by atoms with Crippen molar-refractivity contribution in [3.05, 3.63) is 23.8 Å². The molecule has 16 heavy (non-hydrogen) atoms. The van der Waals surface area contributed by atoms with Crippen LogP contribution in [-0.4, -0.2) is 20.3 Å². The van der Waals surface area contributed by atoms with Crippen LogP contribution in [0.5, 0.6) is 11.5 Å². The molecule has 0 aromatic heterocycles. The van der Waals surface area contributed by atoms with Crippen LogP contribution in [0.15, 0.2) is 18.2 Å². The fourth-order valence-corrected chi connectivity index (χ4v) is 2.95. The van der Waals surface area contributed by atoms with Gasteiger partial charge in [-0.25, -0.2) is 0 Å². The third kappa shape index (κ3) is 1.24. The minimum absolute atomic E-state index is 0.289. The Balaban J connectivity index is 2.04. The minimum Gasteiger partial charge on any atom is -0.497 e. The third-order valence-corrected chi connectivity index (χ3v) is 4.05. The van der Waals surface area contributed by atoms with E-state index in [1.54, 1.807) is 7.11 Å². The van der Waals surface area contributed by atoms with Crippen molar-refractivity contribution in [2.24, 2.45) is 11.7 Å². The number of hydrogen-bond donors (Lipinski definition) is 1. The molecule has 1 spiro atoms. The van der Waals surface area contributed by atoms with Gasteiger partial charge in [0.15, 0.2) is 0 Å². The molecule has 0 saturated heterocycles. The predicted octanol–water partition coefficient (Wildman–Crippen LogP) is 1.69. The molecule has 3 rings (SSSR count). The quantitative estimate of drug-likeness (QED) is 0.823. The van der Waals surface area contributed by atoms with Crippen molar-refractivity contribution < 1.29 is 9.47 Å². The van der Waals surface area contributed by atoms with Crippen LogP contribution in [0.3, 0.4) is 0 Å². The summed E-state index contributed by atoms with van der Waals surface area (Å²) in [6.07, 6.45) is 2.29. The van der Waals surface area contributed by atoms with Gasteiger partial charge in [0.1, 0.15) is 11.5 Å². The summed E-state index contributed by atoms with van der Waals surface area (Å²) < 4.78 is 11.0. The first-order valence-electron chi connectivity index (χ1n) is 5.81. The lowest BCUT2D eigenvalue weighted by molar-refractivity contribution is 0.253. The average Bonchev–Trinajstić information content (AvgIpc) is 3.04. The highest BCUT2D eigenvalue weighted by Gasteiger charge is 2.56. The predicted molar refractivity (Wildman–Crippen MR) is 61.9 cm³/mol. The number of rotatable bonds is 2. The van der Waals surface area contributed by atoms with E-state index in [1.165, 1.54) is 12.0 Å². The van der Waals surface area contributed by atoms with Crippen molar-refractivity contribution in [1.82, 2.24) is 0 Å². The fraction of sp³-hybridized carbons (Fsp3) is 0.538. The highest BCUT2D eigenvalue weighted by molar-refractivity contribution is 5.50. The first-order valence-corrected chi connectivity index (χ1v) is 5.81. The molecule has 86 valence electrons. The Morgan fingerprint density at radius 1 is 1.56 bits per heavy atom. The third-order valence-electron chi connectivity index (χ3n) is 4.05. The van der Waals surface area contributed by atoms with Gasteiger partial charge < -0.3 is 15.2 Å². The van der Waals surface area contributed by atoms with Crippen molar-refractivity contribution in [3.8, 4) is 11.5 Å². The van der Waals surface area contributed by atoms with Crippen molar-refractivity contribution in [2.75, 3.05) is 20.3 Å². The maximum absolute atomic E-state index is 5.79. The maximum Gasteiger partial charge on any atom is 0.123 e. The molecule has 2 atom stereocenters. The van der Waals surface area contributed by atoms with Gasteiger partial charge in [-0.3, -0.25) is 0 Å². The van der Waals surface area contributed by atoms with Crippen molar-refractivity contribution in [1.29, 1.82) is 0 Å². The van der Waals surface area contributed by atoms with Gasteiger partial charge in [0.25, 0.3) is 0 Å². The second-order valence-corrected chi connectivity index (χ2v) is 4.75. The van der Waals surface area contributed by atoms with E-state index in [9.17, 15) is 0 Å². The SMILES string of the molecule is COc1ccc2c(c1)[C@]1(CCO2)C[C@H]1CN. The molecule has 3 heteroatoms. The molecule has 0 bridgehead atoms. The molecule has 0 radical (unpaired) electrons. The Kier molecular flexibility index (Phi) is 2.11. The van der Waals surface area contributed by atoms with Crippen molar-refractivity contribution in [3.63, 3.8) is 0 Å². The summed E-state index contributed by atoms with van der Waals surface area (Å²) in [6, 6.07) is 6.09. The molecule has 1 fully saturated rings. The highest BCUT2D eigenvalue weighted by Crippen LogP contribution is 2.60. The topological polar surface area (TPSA) is 44.5 Å². The Labute approximate surface area is 95.5 Å². The van der Waals surface area contributed by atoms with E-state index < -0.39 is 0 Å². The molecule has 2 N–H and O–H groups in total. The number of nitrogens with two attached hydrogens (primary N) is 1. The molecule has 1 aromatic rings. The average molecular weight is 219 g/mol. The molecular formula is C13H17NO2. The van der Waals surface area contributed by atoms with Crippen LogP contribution in [0.25, 0.3) is 0 Å². The second kappa shape index (κ2) is 3.39. The summed E-state index contributed by atoms with van der Waals surface area (Å²) in [7, 11) is 1.70. The zero-order chi connectivity index (χ0) is 11.2. The van der Waals surface area contributed by atoms with Crippen LogP contribution in [0.4, 0.5) is 0 Å². The number of ether oxygens (including phenoxy) is 2. The van der Waals surface area contributed by atoms with Crippen LogP contribution in [0.1, 0.15) is 18.4 Å². The van der Waals surface area contributed by atoms with E-state index in [2.05, 4.69) is 6.07 Å². The smallest absolute Gasteiger partial charge is 0.123 e. The maximum atomic E-state index is 5.79. The van der Waals surface area contributed by atoms with E-state index in [0.29, 0.717) is 5.92 Å². The zero-order valence-corrected chi connectivity index (χ0v) is 9.53. The lowest BCUT2D eigenvalue weighted by Crippen LogP contribution is -2.24. The van der Waals surface area contributed by atoms with Crippen molar-refractivity contribution in [2.45, 2.75) is 18.3 Å². The summed E-state index contributed by atoms with van der Waals surface area (Å²) in [5.74, 6) is 2.55. The Morgan fingerprint density at radius 2 is 2.44 bits per heavy atom. The Hall–Kier alpha value is -1.22. The van der Waals surface area contributed by atoms with Gasteiger partial charge in [-0.1, -0.05) is 0 Å². The van der Waals surface area contributed by atoms with Crippen LogP contribution < -0.4 is 15.2 Å². The van der Waals surface area contributed by atoms with Crippen LogP contribution in [-0.2, 0) is 5.41 Å². The lowest BCUT2D eigenvalue weighted by Gasteiger charge is -2.27. The standard InChI is InChI=1S/C13H17NO2/c1-15-10-2-3-12-11(6-10)13(4-5-16-12)7-9(13)8-14/h2-3,6,9H,4-5,7-8,14H2,1H3/t9-,13+/m0/s1. The van der Waals surface area contributed by atoms with E-state index in [-0.39, 0.29) is 5.41 Å². The highest BCUT2D eigenvalue weighted by atomic mass is 16.5. The number of methoxy groups -OCH3 is 1. The van der Waals surface area contributed by atoms with Gasteiger partial charge in [0.05, 0.1) is 13.7 Å². The van der Waals surface area contributed by atoms with Crippen molar-refractivity contribution >= 4 is 0 Å². The van der Waals surface area contributed by atoms with Gasteiger partial charge in [0, 0.05) is 11.0 Å². The molecule has 3 nitrogen and oxygen atoms in total. The number of benzene rings is 1. The molecule has 1 saturated carbocycles. The molecule has 0 unspecified atom stereocenters. The van der Waals surface area contributed by atoms with Gasteiger partial charge in [-0.05, 0) is 43.5 Å². The monoisotopic (exact) mass is 219 g/mol. The zero-order valence-electron chi connectivity index (χ0n) is 9.53. The molecular weight excluding hydrogens is 202 g/mol. The van der Waals surface area contributed by atoms with Gasteiger partial charge >= 0.3 is 0 Å². The van der Waals surface area contributed by atoms with Crippen LogP contribution in [0.2, 0.25) is 0 Å². The number of hydrogen-bond acceptors (Lipinski definition) is 3. The van der Waals surface area contributed by atoms with Crippen LogP contribution in [0, 0.1) is 5.92 Å². The van der Waals surface area contributed by atoms with E-state index >= 15 is 0 Å². The summed E-state index contributed by atoms with van der Waals surface area (Å²) in [6.45, 7) is 1.59. The fourth-order valence-electron chi connectivity index (χ4n) is 2.95. The molecule has 1 aliphatic heterocycles. The van der Waals surface area contributed by atoms with Gasteiger partial charge in [-0.15, -0.1) is 0 Å². The lowest BCUT2D eigenvalue weighted by atomic mass is 9.87. The summed E-state index contributed by atoms with van der Waals surface area (Å²) in [4.78, 5) is 0. The van der Waals surface area contributed by atoms with Gasteiger partial charge in [0.2, 0.25) is 0 Å². The molecule has 1 aromatic carbocycles. The first-order chi connectivity index (χ1) is 7.80. The van der Waals surface area contributed by atoms with E-state index in [4.69, 9.17) is 15.2 Å². The minimum atomic E-state index is 0.289. The summed E-state index contributed by atoms with van der Waals surface area (Å²) >= 11 is 0. The first kappa shape index (κ1) is 9.97. The van der Waals surface area contributed by atoms with E-state index in [0.717, 1.165) is 31.1 Å². The summed E-state index contributed by atoms with van der Waals surface area (Å²) in [5.41, 5.74) is 7.38. The molecule has 0 amide bonds. The molecule has 1 aliphatic carbocycles. The molecule has 1 heterocycles. The second-order valence-electron chi connectivity index (χ2n) is 4.75. The Morgan fingerprint density at radius 3 is 3.12 bits per heavy atom. The van der Waals surface area contributed by atoms with Gasteiger partial charge in [-0.2, -0.15) is 0 Å². The summed E-state index contributed by atoms with van der Waals surface area (Å²) in [5, 5.41) is 0.